The van der Waals surface area contributed by atoms with E-state index in [4.69, 9.17) is 24.8 Å². The van der Waals surface area contributed by atoms with E-state index in [1.165, 1.54) is 0 Å². The number of carbonyl (C=O) groups is 1. The van der Waals surface area contributed by atoms with Gasteiger partial charge in [0.05, 0.1) is 6.61 Å². The van der Waals surface area contributed by atoms with E-state index in [0.717, 1.165) is 0 Å². The van der Waals surface area contributed by atoms with Gasteiger partial charge in [-0.2, -0.15) is 0 Å². The molecule has 0 amide bonds. The van der Waals surface area contributed by atoms with Crippen LogP contribution >= 0.6 is 19.1 Å². The van der Waals surface area contributed by atoms with Gasteiger partial charge in [0.2, 0.25) is 0 Å². The zero-order chi connectivity index (χ0) is 10.7. The van der Waals surface area contributed by atoms with E-state index < -0.39 is 6.04 Å². The molecule has 0 spiro atoms. The monoisotopic (exact) mass is 319 g/mol. The molecule has 6 heteroatoms. The molecule has 0 aromatic carbocycles. The number of ether oxygens (including phenoxy) is 1. The van der Waals surface area contributed by atoms with Crippen LogP contribution < -0.4 is 5.73 Å². The molecular formula is C7H13Cl2NO2Pd. The molecule has 2 N–H and O–H groups in total. The van der Waals surface area contributed by atoms with Crippen LogP contribution in [-0.4, -0.2) is 18.6 Å². The Hall–Kier alpha value is 0.412. The molecule has 1 unspecified atom stereocenters. The normalized spacial score (nSPS) is 11.1. The molecule has 0 rings (SSSR count). The standard InChI is InChI=1S/C7H13NO2.2ClH.Pd/c1-3-5-6(8)7(9)10-4-2;;;/h3,6H,1,4-5,8H2,2H3;2*1H;/q;;;+2/p-2. The van der Waals surface area contributed by atoms with Crippen molar-refractivity contribution >= 4 is 25.0 Å². The van der Waals surface area contributed by atoms with Crippen molar-refractivity contribution in [2.24, 2.45) is 5.73 Å². The first kappa shape index (κ1) is 15.9. The Morgan fingerprint density at radius 1 is 1.77 bits per heavy atom. The second-order valence-electron chi connectivity index (χ2n) is 1.93. The fraction of sp³-hybridized carbons (Fsp3) is 0.571. The molecule has 0 fully saturated rings. The minimum absolute atomic E-state index is 0.106. The second kappa shape index (κ2) is 12.4. The third-order valence-corrected chi connectivity index (χ3v) is 1.01. The predicted molar refractivity (Wildman–Crippen MR) is 51.1 cm³/mol. The Labute approximate surface area is 94.7 Å². The number of esters is 1. The van der Waals surface area contributed by atoms with E-state index in [2.05, 4.69) is 11.3 Å². The van der Waals surface area contributed by atoms with Crippen molar-refractivity contribution < 1.29 is 25.5 Å². The van der Waals surface area contributed by atoms with Gasteiger partial charge >= 0.3 is 41.0 Å². The van der Waals surface area contributed by atoms with Gasteiger partial charge in [-0.25, -0.2) is 0 Å². The van der Waals surface area contributed by atoms with E-state index in [-0.39, 0.29) is 21.9 Å². The SMILES string of the molecule is C=CCC(N)C(=O)OCC.[Cl][Pd][Cl]. The quantitative estimate of drug-likeness (QED) is 0.488. The van der Waals surface area contributed by atoms with E-state index in [0.29, 0.717) is 13.0 Å². The number of rotatable bonds is 4. The maximum atomic E-state index is 10.7. The second-order valence-corrected chi connectivity index (χ2v) is 4.29. The summed E-state index contributed by atoms with van der Waals surface area (Å²) < 4.78 is 4.64. The third kappa shape index (κ3) is 12.4. The summed E-state index contributed by atoms with van der Waals surface area (Å²) in [5, 5.41) is 0. The molecule has 0 aliphatic rings. The topological polar surface area (TPSA) is 52.3 Å². The average molecular weight is 321 g/mol. The van der Waals surface area contributed by atoms with Gasteiger partial charge in [-0.05, 0) is 13.3 Å². The molecule has 13 heavy (non-hydrogen) atoms. The van der Waals surface area contributed by atoms with Crippen LogP contribution in [0.25, 0.3) is 0 Å². The van der Waals surface area contributed by atoms with Crippen LogP contribution in [0.1, 0.15) is 13.3 Å². The molecule has 0 aromatic rings. The molecule has 0 saturated heterocycles. The minimum atomic E-state index is -0.544. The van der Waals surface area contributed by atoms with Crippen LogP contribution in [0.3, 0.4) is 0 Å². The van der Waals surface area contributed by atoms with E-state index in [1.807, 2.05) is 0 Å². The number of nitrogens with two attached hydrogens (primary N) is 1. The zero-order valence-electron chi connectivity index (χ0n) is 7.24. The summed E-state index contributed by atoms with van der Waals surface area (Å²) in [6, 6.07) is -0.544. The van der Waals surface area contributed by atoms with Crippen molar-refractivity contribution in [3.05, 3.63) is 12.7 Å². The van der Waals surface area contributed by atoms with E-state index >= 15 is 0 Å². The summed E-state index contributed by atoms with van der Waals surface area (Å²) in [5.74, 6) is -0.359. The molecule has 0 heterocycles. The van der Waals surface area contributed by atoms with Crippen molar-refractivity contribution in [2.75, 3.05) is 6.61 Å². The summed E-state index contributed by atoms with van der Waals surface area (Å²) in [6.45, 7) is 5.58. The average Bonchev–Trinajstić information content (AvgIpc) is 2.06. The summed E-state index contributed by atoms with van der Waals surface area (Å²) in [6.07, 6.45) is 2.07. The van der Waals surface area contributed by atoms with Gasteiger partial charge < -0.3 is 10.5 Å². The summed E-state index contributed by atoms with van der Waals surface area (Å²) in [5.41, 5.74) is 5.37. The van der Waals surface area contributed by atoms with Crippen LogP contribution in [0.15, 0.2) is 12.7 Å². The van der Waals surface area contributed by atoms with Gasteiger partial charge in [-0.15, -0.1) is 6.58 Å². The molecule has 0 aliphatic carbocycles. The molecule has 0 saturated carbocycles. The zero-order valence-corrected chi connectivity index (χ0v) is 10.3. The van der Waals surface area contributed by atoms with Crippen LogP contribution in [0.4, 0.5) is 0 Å². The van der Waals surface area contributed by atoms with Gasteiger partial charge in [0.15, 0.2) is 0 Å². The molecule has 0 aliphatic heterocycles. The van der Waals surface area contributed by atoms with Crippen molar-refractivity contribution in [2.45, 2.75) is 19.4 Å². The van der Waals surface area contributed by atoms with Crippen LogP contribution in [-0.2, 0) is 25.5 Å². The Morgan fingerprint density at radius 2 is 2.23 bits per heavy atom. The molecule has 3 nitrogen and oxygen atoms in total. The first-order valence-electron chi connectivity index (χ1n) is 3.49. The Kier molecular flexibility index (Phi) is 15.1. The van der Waals surface area contributed by atoms with Gasteiger partial charge in [-0.3, -0.25) is 4.79 Å². The van der Waals surface area contributed by atoms with E-state index in [9.17, 15) is 4.79 Å². The fourth-order valence-electron chi connectivity index (χ4n) is 0.525. The number of hydrogen-bond donors (Lipinski definition) is 1. The molecule has 0 radical (unpaired) electrons. The summed E-state index contributed by atoms with van der Waals surface area (Å²) in [7, 11) is 9.63. The Bertz CT molecular complexity index is 146. The first-order valence-corrected chi connectivity index (χ1v) is 7.49. The molecular weight excluding hydrogens is 307 g/mol. The van der Waals surface area contributed by atoms with Gasteiger partial charge in [0.25, 0.3) is 0 Å². The van der Waals surface area contributed by atoms with Crippen molar-refractivity contribution in [1.29, 1.82) is 0 Å². The van der Waals surface area contributed by atoms with Gasteiger partial charge in [-0.1, -0.05) is 6.08 Å². The molecule has 1 atom stereocenters. The summed E-state index contributed by atoms with van der Waals surface area (Å²) in [4.78, 5) is 10.7. The summed E-state index contributed by atoms with van der Waals surface area (Å²) >= 11 is -0.106. The van der Waals surface area contributed by atoms with Crippen LogP contribution in [0, 0.1) is 0 Å². The fourth-order valence-corrected chi connectivity index (χ4v) is 0.525. The first-order chi connectivity index (χ1) is 6.13. The number of halogens is 2. The molecule has 0 bridgehead atoms. The molecule has 0 aromatic heterocycles. The van der Waals surface area contributed by atoms with Crippen molar-refractivity contribution in [1.82, 2.24) is 0 Å². The predicted octanol–water partition coefficient (Wildman–Crippen LogP) is 1.83. The Balaban J connectivity index is 0. The van der Waals surface area contributed by atoms with Crippen LogP contribution in [0.2, 0.25) is 0 Å². The number of carbonyl (C=O) groups excluding carboxylic acids is 1. The van der Waals surface area contributed by atoms with Gasteiger partial charge in [0, 0.05) is 0 Å². The number of hydrogen-bond acceptors (Lipinski definition) is 3. The van der Waals surface area contributed by atoms with Crippen LogP contribution in [0.5, 0.6) is 0 Å². The molecule has 82 valence electrons. The van der Waals surface area contributed by atoms with E-state index in [1.54, 1.807) is 13.0 Å². The van der Waals surface area contributed by atoms with Gasteiger partial charge in [0.1, 0.15) is 6.04 Å². The third-order valence-electron chi connectivity index (χ3n) is 1.01. The van der Waals surface area contributed by atoms with Crippen molar-refractivity contribution in [3.63, 3.8) is 0 Å². The van der Waals surface area contributed by atoms with Crippen molar-refractivity contribution in [3.8, 4) is 0 Å². The maximum absolute atomic E-state index is 10.7. The Morgan fingerprint density at radius 3 is 2.54 bits per heavy atom.